The Hall–Kier alpha value is -4.10. The van der Waals surface area contributed by atoms with E-state index in [-0.39, 0.29) is 24.6 Å². The minimum atomic E-state index is -5.15. The van der Waals surface area contributed by atoms with Crippen LogP contribution in [0.3, 0.4) is 0 Å². The van der Waals surface area contributed by atoms with Crippen LogP contribution in [0.1, 0.15) is 56.2 Å². The van der Waals surface area contributed by atoms with Crippen LogP contribution in [-0.2, 0) is 26.6 Å². The molecule has 6 rings (SSSR count). The molecule has 48 heavy (non-hydrogen) atoms. The fourth-order valence-corrected chi connectivity index (χ4v) is 7.55. The molecule has 0 bridgehead atoms. The molecule has 2 saturated heterocycles. The number of nitrogens with zero attached hydrogens (tertiary/aromatic N) is 1. The highest BCUT2D eigenvalue weighted by Crippen LogP contribution is 2.52. The second kappa shape index (κ2) is 12.4. The van der Waals surface area contributed by atoms with Crippen molar-refractivity contribution in [3.05, 3.63) is 88.0 Å². The molecule has 4 atom stereocenters. The molecule has 0 spiro atoms. The molecule has 2 heterocycles. The van der Waals surface area contributed by atoms with Crippen LogP contribution in [0.4, 0.5) is 32.0 Å². The lowest BCUT2D eigenvalue weighted by molar-refractivity contribution is -0.143. The second-order valence-electron chi connectivity index (χ2n) is 12.7. The first kappa shape index (κ1) is 33.8. The molecule has 1 aliphatic carbocycles. The zero-order valence-corrected chi connectivity index (χ0v) is 26.0. The Labute approximate surface area is 272 Å². The number of amides is 2. The van der Waals surface area contributed by atoms with E-state index < -0.39 is 72.0 Å². The highest BCUT2D eigenvalue weighted by Gasteiger charge is 2.57. The highest BCUT2D eigenvalue weighted by atomic mass is 19.4. The van der Waals surface area contributed by atoms with Crippen molar-refractivity contribution in [2.24, 2.45) is 17.8 Å². The summed E-state index contributed by atoms with van der Waals surface area (Å²) in [7, 11) is -1.30. The maximum Gasteiger partial charge on any atom is 0.455 e. The SMILES string of the molecule is CCC1=C2[C@@H](CC/C(C)=C/c3ccc(O)c4ccccc34)OB(O)C[C@@H]2[C@@H]2C(=O)N(c3cc(C(F)(F)F)cc(C(F)(F)F)c3)C(=O)[C@@H]2C1. The lowest BCUT2D eigenvalue weighted by atomic mass is 9.58. The first-order valence-corrected chi connectivity index (χ1v) is 15.7. The minimum absolute atomic E-state index is 0.0452. The van der Waals surface area contributed by atoms with Gasteiger partial charge in [0.1, 0.15) is 5.75 Å². The summed E-state index contributed by atoms with van der Waals surface area (Å²) >= 11 is 0. The number of benzene rings is 3. The van der Waals surface area contributed by atoms with E-state index >= 15 is 0 Å². The van der Waals surface area contributed by atoms with Gasteiger partial charge in [0.25, 0.3) is 0 Å². The molecule has 2 fully saturated rings. The van der Waals surface area contributed by atoms with Crippen molar-refractivity contribution >= 4 is 41.5 Å². The van der Waals surface area contributed by atoms with E-state index in [0.717, 1.165) is 27.7 Å². The minimum Gasteiger partial charge on any atom is -0.507 e. The Morgan fingerprint density at radius 3 is 2.23 bits per heavy atom. The van der Waals surface area contributed by atoms with Crippen LogP contribution in [0, 0.1) is 17.8 Å². The van der Waals surface area contributed by atoms with Crippen molar-refractivity contribution in [2.45, 2.75) is 64.3 Å². The molecule has 0 radical (unpaired) electrons. The summed E-state index contributed by atoms with van der Waals surface area (Å²) in [5.74, 6) is -4.35. The Balaban J connectivity index is 1.30. The summed E-state index contributed by atoms with van der Waals surface area (Å²) in [5, 5.41) is 22.6. The first-order chi connectivity index (χ1) is 22.6. The fourth-order valence-electron chi connectivity index (χ4n) is 7.55. The van der Waals surface area contributed by atoms with Crippen LogP contribution >= 0.6 is 0 Å². The van der Waals surface area contributed by atoms with E-state index in [9.17, 15) is 46.1 Å². The molecule has 2 N–H and O–H groups in total. The van der Waals surface area contributed by atoms with Crippen molar-refractivity contribution in [1.82, 2.24) is 0 Å². The summed E-state index contributed by atoms with van der Waals surface area (Å²) < 4.78 is 87.8. The quantitative estimate of drug-likeness (QED) is 0.120. The summed E-state index contributed by atoms with van der Waals surface area (Å²) in [6.45, 7) is 3.80. The number of imide groups is 1. The standard InChI is InChI=1S/C35H32BF6NO5/c1-3-19-13-26-31(33(46)43(32(26)45)23-15-21(34(37,38)39)14-22(16-23)35(40,41)42)27-17-36(47)48-29(30(19)27)11-8-18(2)12-20-9-10-28(44)25-7-5-4-6-24(20)25/h4-7,9-10,12,14-16,26-27,29,31,44,47H,3,8,11,13,17H2,1-2H3/b18-12+/t26-,27+,29-,31-/m1/s1. The van der Waals surface area contributed by atoms with E-state index in [0.29, 0.717) is 41.7 Å². The number of phenolic OH excluding ortho intramolecular Hbond substituents is 1. The van der Waals surface area contributed by atoms with Crippen LogP contribution < -0.4 is 4.90 Å². The Morgan fingerprint density at radius 1 is 0.958 bits per heavy atom. The monoisotopic (exact) mass is 671 g/mol. The molecule has 13 heteroatoms. The molecule has 0 unspecified atom stereocenters. The van der Waals surface area contributed by atoms with Crippen LogP contribution in [0.5, 0.6) is 5.75 Å². The van der Waals surface area contributed by atoms with Gasteiger partial charge < -0.3 is 14.8 Å². The number of carbonyl (C=O) groups excluding carboxylic acids is 2. The first-order valence-electron chi connectivity index (χ1n) is 15.7. The molecular weight excluding hydrogens is 639 g/mol. The summed E-state index contributed by atoms with van der Waals surface area (Å²) in [6.07, 6.45) is -7.48. The maximum absolute atomic E-state index is 13.9. The van der Waals surface area contributed by atoms with Crippen LogP contribution in [0.25, 0.3) is 16.8 Å². The second-order valence-corrected chi connectivity index (χ2v) is 12.7. The van der Waals surface area contributed by atoms with E-state index in [1.807, 2.05) is 50.3 Å². The third-order valence-corrected chi connectivity index (χ3v) is 9.70. The van der Waals surface area contributed by atoms with Gasteiger partial charge in [0.15, 0.2) is 0 Å². The van der Waals surface area contributed by atoms with Crippen molar-refractivity contribution in [2.75, 3.05) is 4.90 Å². The number of carbonyl (C=O) groups is 2. The zero-order chi connectivity index (χ0) is 34.7. The van der Waals surface area contributed by atoms with Crippen molar-refractivity contribution in [1.29, 1.82) is 0 Å². The van der Waals surface area contributed by atoms with E-state index in [1.165, 1.54) is 0 Å². The van der Waals surface area contributed by atoms with Gasteiger partial charge in [0, 0.05) is 5.39 Å². The Bertz CT molecular complexity index is 1820. The largest absolute Gasteiger partial charge is 0.507 e. The molecule has 0 aromatic heterocycles. The highest BCUT2D eigenvalue weighted by molar-refractivity contribution is 6.43. The number of allylic oxidation sites excluding steroid dienone is 2. The summed E-state index contributed by atoms with van der Waals surface area (Å²) in [4.78, 5) is 28.0. The average Bonchev–Trinajstić information content (AvgIpc) is 3.28. The van der Waals surface area contributed by atoms with Crippen molar-refractivity contribution in [3.8, 4) is 5.75 Å². The Morgan fingerprint density at radius 2 is 1.60 bits per heavy atom. The number of alkyl halides is 6. The van der Waals surface area contributed by atoms with Crippen LogP contribution in [0.2, 0.25) is 6.32 Å². The van der Waals surface area contributed by atoms with E-state index in [4.69, 9.17) is 4.65 Å². The van der Waals surface area contributed by atoms with Crippen LogP contribution in [-0.4, -0.2) is 35.2 Å². The molecule has 252 valence electrons. The van der Waals surface area contributed by atoms with Gasteiger partial charge in [-0.2, -0.15) is 26.3 Å². The van der Waals surface area contributed by atoms with Gasteiger partial charge in [0.05, 0.1) is 34.8 Å². The molecule has 2 aliphatic heterocycles. The normalized spacial score (nSPS) is 23.6. The molecule has 6 nitrogen and oxygen atoms in total. The predicted octanol–water partition coefficient (Wildman–Crippen LogP) is 8.18. The number of fused-ring (bicyclic) bond motifs is 4. The number of halogens is 6. The maximum atomic E-state index is 13.9. The smallest absolute Gasteiger partial charge is 0.455 e. The van der Waals surface area contributed by atoms with E-state index in [1.54, 1.807) is 6.07 Å². The molecule has 0 saturated carbocycles. The van der Waals surface area contributed by atoms with Gasteiger partial charge in [-0.05, 0) is 85.6 Å². The molecule has 2 amide bonds. The van der Waals surface area contributed by atoms with Gasteiger partial charge in [-0.25, -0.2) is 4.90 Å². The number of rotatable bonds is 6. The Kier molecular flexibility index (Phi) is 8.74. The topological polar surface area (TPSA) is 87.1 Å². The lowest BCUT2D eigenvalue weighted by Gasteiger charge is -2.43. The number of aromatic hydroxyl groups is 1. The predicted molar refractivity (Wildman–Crippen MR) is 167 cm³/mol. The van der Waals surface area contributed by atoms with Crippen molar-refractivity contribution < 1.29 is 50.7 Å². The molecule has 3 aromatic rings. The lowest BCUT2D eigenvalue weighted by Crippen LogP contribution is -2.46. The summed E-state index contributed by atoms with van der Waals surface area (Å²) in [5.41, 5.74) is -0.574. The average molecular weight is 671 g/mol. The number of phenols is 1. The van der Waals surface area contributed by atoms with Crippen LogP contribution in [0.15, 0.2) is 71.3 Å². The van der Waals surface area contributed by atoms with Gasteiger partial charge in [-0.1, -0.05) is 54.5 Å². The zero-order valence-electron chi connectivity index (χ0n) is 26.0. The third kappa shape index (κ3) is 6.14. The number of hydrogen-bond acceptors (Lipinski definition) is 5. The van der Waals surface area contributed by atoms with Gasteiger partial charge in [-0.15, -0.1) is 0 Å². The van der Waals surface area contributed by atoms with Gasteiger partial charge >= 0.3 is 19.5 Å². The fraction of sp³-hybridized carbons (Fsp3) is 0.371. The number of hydrogen-bond donors (Lipinski definition) is 2. The molecule has 3 aromatic carbocycles. The van der Waals surface area contributed by atoms with Gasteiger partial charge in [0.2, 0.25) is 11.8 Å². The molecule has 3 aliphatic rings. The third-order valence-electron chi connectivity index (χ3n) is 9.70. The van der Waals surface area contributed by atoms with Gasteiger partial charge in [-0.3, -0.25) is 9.59 Å². The summed E-state index contributed by atoms with van der Waals surface area (Å²) in [6, 6.07) is 11.6. The van der Waals surface area contributed by atoms with Crippen molar-refractivity contribution in [3.63, 3.8) is 0 Å². The van der Waals surface area contributed by atoms with E-state index in [2.05, 4.69) is 0 Å². The molecular formula is C35H32BF6NO5. The number of anilines is 1.